The molecule has 8 nitrogen and oxygen atoms in total. The molecule has 1 aromatic rings. The monoisotopic (exact) mass is 300 g/mol. The molecule has 9 heteroatoms. The van der Waals surface area contributed by atoms with E-state index in [1.165, 1.54) is 18.2 Å². The van der Waals surface area contributed by atoms with Crippen molar-refractivity contribution in [1.82, 2.24) is 5.32 Å². The minimum absolute atomic E-state index is 0.0507. The highest BCUT2D eigenvalue weighted by Crippen LogP contribution is 2.24. The lowest BCUT2D eigenvalue weighted by Gasteiger charge is -2.10. The molecule has 0 saturated heterocycles. The fraction of sp³-hybridized carbons (Fsp3) is 0.364. The van der Waals surface area contributed by atoms with E-state index in [9.17, 15) is 19.1 Å². The van der Waals surface area contributed by atoms with Crippen LogP contribution in [0.15, 0.2) is 18.2 Å². The fourth-order valence-electron chi connectivity index (χ4n) is 1.41. The molecule has 2 atom stereocenters. The summed E-state index contributed by atoms with van der Waals surface area (Å²) in [4.78, 5) is 22.0. The number of nitro benzene ring substituents is 1. The zero-order valence-electron chi connectivity index (χ0n) is 11.1. The predicted molar refractivity (Wildman–Crippen MR) is 76.8 cm³/mol. The van der Waals surface area contributed by atoms with Crippen LogP contribution in [0.1, 0.15) is 17.3 Å². The van der Waals surface area contributed by atoms with Crippen LogP contribution in [0.2, 0.25) is 0 Å². The smallest absolute Gasteiger partial charge is 0.293 e. The third-order valence-electron chi connectivity index (χ3n) is 2.73. The summed E-state index contributed by atoms with van der Waals surface area (Å²) in [5.74, 6) is 4.78. The number of hydrazine groups is 1. The first-order valence-corrected chi connectivity index (χ1v) is 7.34. The lowest BCUT2D eigenvalue weighted by atomic mass is 10.1. The molecule has 1 aromatic carbocycles. The molecule has 0 spiro atoms. The van der Waals surface area contributed by atoms with Crippen LogP contribution in [-0.4, -0.2) is 33.1 Å². The van der Waals surface area contributed by atoms with E-state index in [0.29, 0.717) is 0 Å². The highest BCUT2D eigenvalue weighted by Gasteiger charge is 2.16. The SMILES string of the molecule is CC(CNC(=O)c1ccc([N+](=O)[O-])c(NN)c1)S(C)=O. The Morgan fingerprint density at radius 2 is 2.20 bits per heavy atom. The van der Waals surface area contributed by atoms with Crippen LogP contribution in [0, 0.1) is 10.1 Å². The highest BCUT2D eigenvalue weighted by molar-refractivity contribution is 7.84. The number of carbonyl (C=O) groups is 1. The normalized spacial score (nSPS) is 13.3. The Balaban J connectivity index is 2.84. The van der Waals surface area contributed by atoms with Crippen LogP contribution in [0.3, 0.4) is 0 Å². The molecule has 0 saturated carbocycles. The Morgan fingerprint density at radius 1 is 1.55 bits per heavy atom. The molecule has 2 unspecified atom stereocenters. The summed E-state index contributed by atoms with van der Waals surface area (Å²) in [6.07, 6.45) is 1.55. The Bertz CT molecular complexity index is 549. The van der Waals surface area contributed by atoms with Crippen molar-refractivity contribution in [2.45, 2.75) is 12.2 Å². The van der Waals surface area contributed by atoms with Gasteiger partial charge in [-0.05, 0) is 19.1 Å². The molecule has 0 heterocycles. The molecule has 0 aromatic heterocycles. The van der Waals surface area contributed by atoms with Gasteiger partial charge in [-0.1, -0.05) is 0 Å². The average Bonchev–Trinajstić information content (AvgIpc) is 2.43. The molecule has 0 aliphatic heterocycles. The number of anilines is 1. The number of carbonyl (C=O) groups excluding carboxylic acids is 1. The van der Waals surface area contributed by atoms with Crippen molar-refractivity contribution in [3.05, 3.63) is 33.9 Å². The molecule has 1 amide bonds. The van der Waals surface area contributed by atoms with Crippen molar-refractivity contribution in [3.63, 3.8) is 0 Å². The Kier molecular flexibility index (Phi) is 5.59. The molecular weight excluding hydrogens is 284 g/mol. The number of hydrogen-bond donors (Lipinski definition) is 3. The van der Waals surface area contributed by atoms with Crippen LogP contribution in [0.4, 0.5) is 11.4 Å². The van der Waals surface area contributed by atoms with E-state index in [4.69, 9.17) is 5.84 Å². The zero-order chi connectivity index (χ0) is 15.3. The van der Waals surface area contributed by atoms with Gasteiger partial charge in [0.15, 0.2) is 0 Å². The number of amides is 1. The van der Waals surface area contributed by atoms with Gasteiger partial charge in [0, 0.05) is 40.5 Å². The zero-order valence-corrected chi connectivity index (χ0v) is 11.9. The van der Waals surface area contributed by atoms with Gasteiger partial charge < -0.3 is 10.7 Å². The number of benzene rings is 1. The van der Waals surface area contributed by atoms with Crippen molar-refractivity contribution in [2.75, 3.05) is 18.2 Å². The lowest BCUT2D eigenvalue weighted by Crippen LogP contribution is -2.32. The molecule has 1 rings (SSSR count). The van der Waals surface area contributed by atoms with Gasteiger partial charge in [0.25, 0.3) is 11.6 Å². The third kappa shape index (κ3) is 4.00. The largest absolute Gasteiger partial charge is 0.351 e. The summed E-state index contributed by atoms with van der Waals surface area (Å²) in [6.45, 7) is 2.00. The van der Waals surface area contributed by atoms with Crippen molar-refractivity contribution < 1.29 is 13.9 Å². The maximum atomic E-state index is 11.9. The van der Waals surface area contributed by atoms with Crippen LogP contribution in [-0.2, 0) is 10.8 Å². The summed E-state index contributed by atoms with van der Waals surface area (Å²) in [5, 5.41) is 13.2. The summed E-state index contributed by atoms with van der Waals surface area (Å²) in [5.41, 5.74) is 2.25. The standard InChI is InChI=1S/C11H16N4O4S/c1-7(20(2)19)6-13-11(16)8-3-4-10(15(17)18)9(5-8)14-12/h3-5,7,14H,6,12H2,1-2H3,(H,13,16). The number of rotatable bonds is 6. The van der Waals surface area contributed by atoms with E-state index in [2.05, 4.69) is 10.7 Å². The number of nitrogens with zero attached hydrogens (tertiary/aromatic N) is 1. The molecule has 0 aliphatic carbocycles. The van der Waals surface area contributed by atoms with Crippen molar-refractivity contribution >= 4 is 28.1 Å². The number of hydrogen-bond acceptors (Lipinski definition) is 6. The topological polar surface area (TPSA) is 127 Å². The second kappa shape index (κ2) is 6.96. The quantitative estimate of drug-likeness (QED) is 0.396. The van der Waals surface area contributed by atoms with E-state index in [1.807, 2.05) is 0 Å². The Hall–Kier alpha value is -2.00. The van der Waals surface area contributed by atoms with Crippen molar-refractivity contribution in [3.8, 4) is 0 Å². The van der Waals surface area contributed by atoms with Crippen LogP contribution in [0.25, 0.3) is 0 Å². The maximum Gasteiger partial charge on any atom is 0.293 e. The molecule has 0 bridgehead atoms. The first-order valence-electron chi connectivity index (χ1n) is 5.72. The molecular formula is C11H16N4O4S. The van der Waals surface area contributed by atoms with E-state index in [1.54, 1.807) is 13.2 Å². The first kappa shape index (κ1) is 16.1. The van der Waals surface area contributed by atoms with Gasteiger partial charge in [-0.2, -0.15) is 0 Å². The summed E-state index contributed by atoms with van der Waals surface area (Å²) >= 11 is 0. The highest BCUT2D eigenvalue weighted by atomic mass is 32.2. The predicted octanol–water partition coefficient (Wildman–Crippen LogP) is 0.377. The Labute approximate surface area is 118 Å². The molecule has 20 heavy (non-hydrogen) atoms. The van der Waals surface area contributed by atoms with Gasteiger partial charge in [0.05, 0.1) is 4.92 Å². The van der Waals surface area contributed by atoms with Crippen LogP contribution >= 0.6 is 0 Å². The minimum Gasteiger partial charge on any atom is -0.351 e. The van der Waals surface area contributed by atoms with Crippen molar-refractivity contribution in [2.24, 2.45) is 5.84 Å². The number of nitrogens with two attached hydrogens (primary N) is 1. The lowest BCUT2D eigenvalue weighted by molar-refractivity contribution is -0.384. The average molecular weight is 300 g/mol. The van der Waals surface area contributed by atoms with Crippen LogP contribution in [0.5, 0.6) is 0 Å². The molecule has 0 fully saturated rings. The van der Waals surface area contributed by atoms with E-state index < -0.39 is 21.6 Å². The van der Waals surface area contributed by atoms with E-state index >= 15 is 0 Å². The number of nitrogens with one attached hydrogen (secondary N) is 2. The van der Waals surface area contributed by atoms with Gasteiger partial charge in [-0.3, -0.25) is 25.0 Å². The summed E-state index contributed by atoms with van der Waals surface area (Å²) in [7, 11) is -1.04. The van der Waals surface area contributed by atoms with Gasteiger partial charge in [-0.25, -0.2) is 0 Å². The summed E-state index contributed by atoms with van der Waals surface area (Å²) in [6, 6.07) is 3.83. The minimum atomic E-state index is -1.04. The van der Waals surface area contributed by atoms with E-state index in [0.717, 1.165) is 0 Å². The fourth-order valence-corrected chi connectivity index (χ4v) is 1.73. The van der Waals surface area contributed by atoms with Gasteiger partial charge in [0.2, 0.25) is 0 Å². The molecule has 4 N–H and O–H groups in total. The maximum absolute atomic E-state index is 11.9. The number of nitro groups is 1. The first-order chi connectivity index (χ1) is 9.36. The molecule has 110 valence electrons. The number of nitrogen functional groups attached to an aromatic ring is 1. The van der Waals surface area contributed by atoms with Gasteiger partial charge in [-0.15, -0.1) is 0 Å². The molecule has 0 aliphatic rings. The van der Waals surface area contributed by atoms with E-state index in [-0.39, 0.29) is 28.7 Å². The second-order valence-corrected chi connectivity index (χ2v) is 5.95. The van der Waals surface area contributed by atoms with Crippen molar-refractivity contribution in [1.29, 1.82) is 0 Å². The van der Waals surface area contributed by atoms with Gasteiger partial charge in [0.1, 0.15) is 5.69 Å². The molecule has 0 radical (unpaired) electrons. The van der Waals surface area contributed by atoms with Gasteiger partial charge >= 0.3 is 0 Å². The second-order valence-electron chi connectivity index (χ2n) is 4.15. The van der Waals surface area contributed by atoms with Crippen LogP contribution < -0.4 is 16.6 Å². The third-order valence-corrected chi connectivity index (χ3v) is 4.03. The Morgan fingerprint density at radius 3 is 2.70 bits per heavy atom. The summed E-state index contributed by atoms with van der Waals surface area (Å²) < 4.78 is 11.2.